The van der Waals surface area contributed by atoms with E-state index in [4.69, 9.17) is 0 Å². The van der Waals surface area contributed by atoms with Gasteiger partial charge in [-0.05, 0) is 46.0 Å². The second-order valence-electron chi connectivity index (χ2n) is 8.00. The highest BCUT2D eigenvalue weighted by Gasteiger charge is 2.42. The molecule has 10 nitrogen and oxygen atoms in total. The van der Waals surface area contributed by atoms with Crippen molar-refractivity contribution in [1.29, 1.82) is 0 Å². The first-order chi connectivity index (χ1) is 14.2. The topological polar surface area (TPSA) is 128 Å². The predicted molar refractivity (Wildman–Crippen MR) is 109 cm³/mol. The van der Waals surface area contributed by atoms with Gasteiger partial charge in [-0.2, -0.15) is 0 Å². The maximum Gasteiger partial charge on any atom is 0.246 e. The van der Waals surface area contributed by atoms with Gasteiger partial charge in [-0.15, -0.1) is 0 Å². The van der Waals surface area contributed by atoms with E-state index < -0.39 is 24.2 Å². The van der Waals surface area contributed by atoms with E-state index >= 15 is 0 Å². The standard InChI is InChI=1S/C20H33N5O5/c1-12(17(27)21-4)23-18(28)15-8-5-6-10-24(15)20(30)16-9-7-11-25(16)19(29)13(2)22-14(3)26/h12-13,15-16H,5-11H2,1-4H3,(H,21,27)(H,22,26)(H,23,28)/t12-,13-,15-,16+/m0/s1. The molecule has 5 amide bonds. The number of amides is 5. The van der Waals surface area contributed by atoms with Crippen LogP contribution >= 0.6 is 0 Å². The average Bonchev–Trinajstić information content (AvgIpc) is 3.21. The van der Waals surface area contributed by atoms with Gasteiger partial charge in [0.1, 0.15) is 24.2 Å². The van der Waals surface area contributed by atoms with Crippen LogP contribution in [0.2, 0.25) is 0 Å². The zero-order valence-corrected chi connectivity index (χ0v) is 18.2. The molecule has 2 saturated heterocycles. The summed E-state index contributed by atoms with van der Waals surface area (Å²) in [6, 6.07) is -2.73. The summed E-state index contributed by atoms with van der Waals surface area (Å²) in [5, 5.41) is 7.73. The maximum absolute atomic E-state index is 13.3. The average molecular weight is 424 g/mol. The van der Waals surface area contributed by atoms with Gasteiger partial charge in [-0.25, -0.2) is 0 Å². The number of likely N-dealkylation sites (N-methyl/N-ethyl adjacent to an activating group) is 1. The molecule has 0 radical (unpaired) electrons. The van der Waals surface area contributed by atoms with E-state index in [0.717, 1.165) is 12.8 Å². The second-order valence-corrected chi connectivity index (χ2v) is 8.00. The smallest absolute Gasteiger partial charge is 0.246 e. The van der Waals surface area contributed by atoms with Crippen LogP contribution in [0.3, 0.4) is 0 Å². The molecule has 168 valence electrons. The van der Waals surface area contributed by atoms with Crippen LogP contribution in [0.1, 0.15) is 52.9 Å². The Morgan fingerprint density at radius 3 is 2.10 bits per heavy atom. The van der Waals surface area contributed by atoms with E-state index in [0.29, 0.717) is 32.4 Å². The van der Waals surface area contributed by atoms with Crippen molar-refractivity contribution in [3.8, 4) is 0 Å². The van der Waals surface area contributed by atoms with Crippen LogP contribution in [0.15, 0.2) is 0 Å². The Labute approximate surface area is 177 Å². The number of carbonyl (C=O) groups is 5. The van der Waals surface area contributed by atoms with Gasteiger partial charge >= 0.3 is 0 Å². The van der Waals surface area contributed by atoms with E-state index in [1.165, 1.54) is 18.9 Å². The second kappa shape index (κ2) is 10.4. The lowest BCUT2D eigenvalue weighted by Crippen LogP contribution is -2.59. The Hall–Kier alpha value is -2.65. The molecule has 3 N–H and O–H groups in total. The van der Waals surface area contributed by atoms with Gasteiger partial charge in [-0.3, -0.25) is 24.0 Å². The number of nitrogens with zero attached hydrogens (tertiary/aromatic N) is 2. The molecule has 0 aromatic carbocycles. The predicted octanol–water partition coefficient (Wildman–Crippen LogP) is -0.866. The summed E-state index contributed by atoms with van der Waals surface area (Å²) >= 11 is 0. The lowest BCUT2D eigenvalue weighted by atomic mass is 9.99. The van der Waals surface area contributed by atoms with Crippen molar-refractivity contribution in [3.63, 3.8) is 0 Å². The Morgan fingerprint density at radius 2 is 1.47 bits per heavy atom. The van der Waals surface area contributed by atoms with Crippen LogP contribution in [0, 0.1) is 0 Å². The van der Waals surface area contributed by atoms with Crippen molar-refractivity contribution in [2.75, 3.05) is 20.1 Å². The van der Waals surface area contributed by atoms with Crippen molar-refractivity contribution >= 4 is 29.5 Å². The maximum atomic E-state index is 13.3. The van der Waals surface area contributed by atoms with Crippen LogP contribution in [0.25, 0.3) is 0 Å². The molecule has 2 fully saturated rings. The minimum atomic E-state index is -0.718. The van der Waals surface area contributed by atoms with Crippen LogP contribution in [0.5, 0.6) is 0 Å². The highest BCUT2D eigenvalue weighted by atomic mass is 16.2. The normalized spacial score (nSPS) is 23.3. The van der Waals surface area contributed by atoms with Gasteiger partial charge in [-0.1, -0.05) is 0 Å². The van der Waals surface area contributed by atoms with Gasteiger partial charge in [0.15, 0.2) is 0 Å². The molecule has 0 aliphatic carbocycles. The first kappa shape index (κ1) is 23.6. The molecule has 0 unspecified atom stereocenters. The first-order valence-corrected chi connectivity index (χ1v) is 10.6. The number of carbonyl (C=O) groups excluding carboxylic acids is 5. The van der Waals surface area contributed by atoms with Gasteiger partial charge in [0.05, 0.1) is 0 Å². The van der Waals surface area contributed by atoms with E-state index in [2.05, 4.69) is 16.0 Å². The number of hydrogen-bond acceptors (Lipinski definition) is 5. The van der Waals surface area contributed by atoms with Crippen molar-refractivity contribution in [2.24, 2.45) is 0 Å². The van der Waals surface area contributed by atoms with Crippen molar-refractivity contribution in [2.45, 2.75) is 77.0 Å². The highest BCUT2D eigenvalue weighted by Crippen LogP contribution is 2.25. The van der Waals surface area contributed by atoms with Gasteiger partial charge in [0, 0.05) is 27.1 Å². The van der Waals surface area contributed by atoms with E-state index in [-0.39, 0.29) is 29.5 Å². The fourth-order valence-corrected chi connectivity index (χ4v) is 4.15. The summed E-state index contributed by atoms with van der Waals surface area (Å²) in [7, 11) is 1.50. The Morgan fingerprint density at radius 1 is 0.833 bits per heavy atom. The summed E-state index contributed by atoms with van der Waals surface area (Å²) in [6.45, 7) is 5.41. The third kappa shape index (κ3) is 5.48. The van der Waals surface area contributed by atoms with Crippen LogP contribution in [-0.2, 0) is 24.0 Å². The van der Waals surface area contributed by atoms with Gasteiger partial charge in [0.25, 0.3) is 0 Å². The Balaban J connectivity index is 2.11. The molecular formula is C20H33N5O5. The number of rotatable bonds is 6. The van der Waals surface area contributed by atoms with Crippen molar-refractivity contribution in [1.82, 2.24) is 25.8 Å². The van der Waals surface area contributed by atoms with E-state index in [1.54, 1.807) is 18.7 Å². The third-order valence-corrected chi connectivity index (χ3v) is 5.70. The zero-order chi connectivity index (χ0) is 22.4. The lowest BCUT2D eigenvalue weighted by molar-refractivity contribution is -0.150. The summed E-state index contributed by atoms with van der Waals surface area (Å²) in [5.74, 6) is -1.52. The molecule has 0 aromatic rings. The molecule has 0 aromatic heterocycles. The molecule has 10 heteroatoms. The zero-order valence-electron chi connectivity index (χ0n) is 18.2. The molecule has 0 spiro atoms. The van der Waals surface area contributed by atoms with Crippen LogP contribution in [-0.4, -0.2) is 83.6 Å². The molecule has 2 heterocycles. The Kier molecular flexibility index (Phi) is 8.19. The quantitative estimate of drug-likeness (QED) is 0.512. The van der Waals surface area contributed by atoms with Crippen molar-refractivity contribution in [3.05, 3.63) is 0 Å². The molecular weight excluding hydrogens is 390 g/mol. The molecule has 2 aliphatic heterocycles. The monoisotopic (exact) mass is 423 g/mol. The fraction of sp³-hybridized carbons (Fsp3) is 0.750. The molecule has 2 aliphatic rings. The van der Waals surface area contributed by atoms with E-state index in [9.17, 15) is 24.0 Å². The van der Waals surface area contributed by atoms with E-state index in [1.807, 2.05) is 0 Å². The van der Waals surface area contributed by atoms with Crippen molar-refractivity contribution < 1.29 is 24.0 Å². The highest BCUT2D eigenvalue weighted by molar-refractivity contribution is 5.95. The number of piperidine rings is 1. The van der Waals surface area contributed by atoms with Gasteiger partial charge in [0.2, 0.25) is 29.5 Å². The summed E-state index contributed by atoms with van der Waals surface area (Å²) < 4.78 is 0. The van der Waals surface area contributed by atoms with Crippen LogP contribution < -0.4 is 16.0 Å². The summed E-state index contributed by atoms with van der Waals surface area (Å²) in [6.07, 6.45) is 3.32. The number of likely N-dealkylation sites (tertiary alicyclic amines) is 2. The third-order valence-electron chi connectivity index (χ3n) is 5.70. The number of nitrogens with one attached hydrogen (secondary N) is 3. The molecule has 4 atom stereocenters. The Bertz CT molecular complexity index is 697. The number of hydrogen-bond donors (Lipinski definition) is 3. The largest absolute Gasteiger partial charge is 0.357 e. The lowest BCUT2D eigenvalue weighted by Gasteiger charge is -2.38. The summed E-state index contributed by atoms with van der Waals surface area (Å²) in [4.78, 5) is 65.0. The molecule has 2 rings (SSSR count). The SMILES string of the molecule is CNC(=O)[C@H](C)NC(=O)[C@@H]1CCCCN1C(=O)[C@H]1CCCN1C(=O)[C@H](C)NC(C)=O. The van der Waals surface area contributed by atoms with Crippen LogP contribution in [0.4, 0.5) is 0 Å². The van der Waals surface area contributed by atoms with Gasteiger partial charge < -0.3 is 25.8 Å². The minimum absolute atomic E-state index is 0.247. The molecule has 0 bridgehead atoms. The molecule has 30 heavy (non-hydrogen) atoms. The molecule has 0 saturated carbocycles. The fourth-order valence-electron chi connectivity index (χ4n) is 4.15. The summed E-state index contributed by atoms with van der Waals surface area (Å²) in [5.41, 5.74) is 0. The minimum Gasteiger partial charge on any atom is -0.357 e. The first-order valence-electron chi connectivity index (χ1n) is 10.6.